The number of aromatic nitrogens is 4. The van der Waals surface area contributed by atoms with Gasteiger partial charge in [0, 0.05) is 25.4 Å². The molecule has 0 aliphatic rings. The maximum atomic E-state index is 4.45. The molecule has 0 aliphatic carbocycles. The van der Waals surface area contributed by atoms with E-state index in [0.29, 0.717) is 0 Å². The summed E-state index contributed by atoms with van der Waals surface area (Å²) in [5.74, 6) is 1.12. The molecule has 0 amide bonds. The molecular weight excluding hydrogens is 246 g/mol. The van der Waals surface area contributed by atoms with E-state index in [4.69, 9.17) is 0 Å². The fourth-order valence-corrected chi connectivity index (χ4v) is 2.58. The van der Waals surface area contributed by atoms with Gasteiger partial charge in [-0.05, 0) is 24.5 Å². The SMILES string of the molecule is CCCn1ccnc1CC(NCC)c1cnns1. The zero-order valence-electron chi connectivity index (χ0n) is 10.8. The van der Waals surface area contributed by atoms with E-state index in [2.05, 4.69) is 38.3 Å². The monoisotopic (exact) mass is 265 g/mol. The van der Waals surface area contributed by atoms with Crippen LogP contribution in [-0.2, 0) is 13.0 Å². The second-order valence-electron chi connectivity index (χ2n) is 4.17. The Hall–Kier alpha value is -1.27. The minimum absolute atomic E-state index is 0.257. The lowest BCUT2D eigenvalue weighted by molar-refractivity contribution is 0.522. The van der Waals surface area contributed by atoms with Crippen molar-refractivity contribution in [1.82, 2.24) is 24.5 Å². The average molecular weight is 265 g/mol. The first-order valence-electron chi connectivity index (χ1n) is 6.35. The van der Waals surface area contributed by atoms with Gasteiger partial charge in [0.25, 0.3) is 0 Å². The Kier molecular flexibility index (Phi) is 4.83. The van der Waals surface area contributed by atoms with Crippen LogP contribution in [0.25, 0.3) is 0 Å². The molecule has 1 unspecified atom stereocenters. The lowest BCUT2D eigenvalue weighted by Gasteiger charge is -2.16. The van der Waals surface area contributed by atoms with Gasteiger partial charge < -0.3 is 9.88 Å². The highest BCUT2D eigenvalue weighted by atomic mass is 32.1. The van der Waals surface area contributed by atoms with Crippen molar-refractivity contribution in [1.29, 1.82) is 0 Å². The molecule has 0 aliphatic heterocycles. The summed E-state index contributed by atoms with van der Waals surface area (Å²) >= 11 is 1.45. The van der Waals surface area contributed by atoms with Gasteiger partial charge in [-0.15, -0.1) is 5.10 Å². The summed E-state index contributed by atoms with van der Waals surface area (Å²) in [7, 11) is 0. The van der Waals surface area contributed by atoms with E-state index in [-0.39, 0.29) is 6.04 Å². The van der Waals surface area contributed by atoms with Crippen LogP contribution in [0.15, 0.2) is 18.6 Å². The summed E-state index contributed by atoms with van der Waals surface area (Å²) in [6.45, 7) is 6.24. The molecule has 2 aromatic rings. The number of rotatable bonds is 7. The lowest BCUT2D eigenvalue weighted by Crippen LogP contribution is -2.23. The molecule has 0 saturated carbocycles. The van der Waals surface area contributed by atoms with Crippen molar-refractivity contribution in [2.45, 2.75) is 39.3 Å². The third-order valence-electron chi connectivity index (χ3n) is 2.83. The molecule has 6 heteroatoms. The molecule has 0 bridgehead atoms. The largest absolute Gasteiger partial charge is 0.335 e. The molecule has 1 atom stereocenters. The first-order valence-corrected chi connectivity index (χ1v) is 7.13. The average Bonchev–Trinajstić information content (AvgIpc) is 3.01. The standard InChI is InChI=1S/C12H19N5S/c1-3-6-17-7-5-14-12(17)8-10(13-4-2)11-9-15-16-18-11/h5,7,9-10,13H,3-4,6,8H2,1-2H3. The van der Waals surface area contributed by atoms with E-state index in [1.54, 1.807) is 0 Å². The Morgan fingerprint density at radius 2 is 2.33 bits per heavy atom. The van der Waals surface area contributed by atoms with E-state index in [1.807, 2.05) is 18.6 Å². The Balaban J connectivity index is 2.11. The molecule has 2 aromatic heterocycles. The number of imidazole rings is 1. The molecule has 1 N–H and O–H groups in total. The highest BCUT2D eigenvalue weighted by Gasteiger charge is 2.16. The van der Waals surface area contributed by atoms with Gasteiger partial charge in [-0.2, -0.15) is 0 Å². The Labute approximate surface area is 111 Å². The van der Waals surface area contributed by atoms with Crippen LogP contribution in [0.1, 0.15) is 37.0 Å². The van der Waals surface area contributed by atoms with Crippen LogP contribution in [0.5, 0.6) is 0 Å². The quantitative estimate of drug-likeness (QED) is 0.832. The first-order chi connectivity index (χ1) is 8.85. The number of hydrogen-bond acceptors (Lipinski definition) is 5. The van der Waals surface area contributed by atoms with E-state index in [1.165, 1.54) is 16.4 Å². The predicted molar refractivity (Wildman–Crippen MR) is 72.5 cm³/mol. The smallest absolute Gasteiger partial charge is 0.110 e. The molecule has 98 valence electrons. The second-order valence-corrected chi connectivity index (χ2v) is 4.99. The highest BCUT2D eigenvalue weighted by Crippen LogP contribution is 2.19. The predicted octanol–water partition coefficient (Wildman–Crippen LogP) is 2.04. The number of nitrogens with one attached hydrogen (secondary N) is 1. The van der Waals surface area contributed by atoms with Gasteiger partial charge in [0.1, 0.15) is 5.82 Å². The summed E-state index contributed by atoms with van der Waals surface area (Å²) in [6, 6.07) is 0.257. The maximum Gasteiger partial charge on any atom is 0.110 e. The third-order valence-corrected chi connectivity index (χ3v) is 3.60. The van der Waals surface area contributed by atoms with Crippen LogP contribution in [0.3, 0.4) is 0 Å². The number of hydrogen-bond donors (Lipinski definition) is 1. The Morgan fingerprint density at radius 3 is 3.00 bits per heavy atom. The summed E-state index contributed by atoms with van der Waals surface area (Å²) in [5, 5.41) is 7.38. The van der Waals surface area contributed by atoms with Crippen LogP contribution in [0, 0.1) is 0 Å². The normalized spacial score (nSPS) is 12.8. The molecular formula is C12H19N5S. The number of likely N-dealkylation sites (N-methyl/N-ethyl adjacent to an activating group) is 1. The van der Waals surface area contributed by atoms with Gasteiger partial charge in [0.05, 0.1) is 17.1 Å². The molecule has 5 nitrogen and oxygen atoms in total. The summed E-state index contributed by atoms with van der Waals surface area (Å²) in [5.41, 5.74) is 0. The Bertz CT molecular complexity index is 451. The zero-order valence-corrected chi connectivity index (χ0v) is 11.7. The van der Waals surface area contributed by atoms with Gasteiger partial charge in [-0.1, -0.05) is 18.3 Å². The van der Waals surface area contributed by atoms with Crippen LogP contribution >= 0.6 is 11.5 Å². The van der Waals surface area contributed by atoms with Crippen molar-refractivity contribution < 1.29 is 0 Å². The van der Waals surface area contributed by atoms with E-state index >= 15 is 0 Å². The van der Waals surface area contributed by atoms with Crippen molar-refractivity contribution >= 4 is 11.5 Å². The van der Waals surface area contributed by atoms with E-state index in [0.717, 1.165) is 31.8 Å². The summed E-state index contributed by atoms with van der Waals surface area (Å²) in [4.78, 5) is 5.62. The molecule has 2 rings (SSSR count). The summed E-state index contributed by atoms with van der Waals surface area (Å²) in [6.07, 6.45) is 7.76. The van der Waals surface area contributed by atoms with Crippen molar-refractivity contribution in [3.63, 3.8) is 0 Å². The van der Waals surface area contributed by atoms with E-state index in [9.17, 15) is 0 Å². The number of aryl methyl sites for hydroxylation is 1. The molecule has 0 radical (unpaired) electrons. The van der Waals surface area contributed by atoms with Crippen molar-refractivity contribution in [2.24, 2.45) is 0 Å². The molecule has 18 heavy (non-hydrogen) atoms. The van der Waals surface area contributed by atoms with Gasteiger partial charge in [0.15, 0.2) is 0 Å². The van der Waals surface area contributed by atoms with Gasteiger partial charge in [0.2, 0.25) is 0 Å². The van der Waals surface area contributed by atoms with Crippen LogP contribution < -0.4 is 5.32 Å². The summed E-state index contributed by atoms with van der Waals surface area (Å²) < 4.78 is 6.16. The first kappa shape index (κ1) is 13.2. The topological polar surface area (TPSA) is 55.6 Å². The third kappa shape index (κ3) is 3.14. The van der Waals surface area contributed by atoms with Crippen LogP contribution in [-0.4, -0.2) is 25.7 Å². The van der Waals surface area contributed by atoms with Crippen molar-refractivity contribution in [2.75, 3.05) is 6.54 Å². The fourth-order valence-electron chi connectivity index (χ4n) is 2.01. The molecule has 0 saturated heterocycles. The minimum atomic E-state index is 0.257. The van der Waals surface area contributed by atoms with Gasteiger partial charge in [-0.25, -0.2) is 4.98 Å². The minimum Gasteiger partial charge on any atom is -0.335 e. The Morgan fingerprint density at radius 1 is 1.44 bits per heavy atom. The number of nitrogens with zero attached hydrogens (tertiary/aromatic N) is 4. The van der Waals surface area contributed by atoms with Gasteiger partial charge in [-0.3, -0.25) is 0 Å². The molecule has 2 heterocycles. The van der Waals surface area contributed by atoms with E-state index < -0.39 is 0 Å². The molecule has 0 spiro atoms. The highest BCUT2D eigenvalue weighted by molar-refractivity contribution is 7.05. The molecule has 0 fully saturated rings. The molecule has 0 aromatic carbocycles. The lowest BCUT2D eigenvalue weighted by atomic mass is 10.1. The maximum absolute atomic E-state index is 4.45. The second kappa shape index (κ2) is 6.61. The van der Waals surface area contributed by atoms with Crippen molar-refractivity contribution in [3.8, 4) is 0 Å². The van der Waals surface area contributed by atoms with Gasteiger partial charge >= 0.3 is 0 Å². The van der Waals surface area contributed by atoms with Crippen LogP contribution in [0.2, 0.25) is 0 Å². The fraction of sp³-hybridized carbons (Fsp3) is 0.583. The van der Waals surface area contributed by atoms with Crippen molar-refractivity contribution in [3.05, 3.63) is 29.3 Å². The van der Waals surface area contributed by atoms with Crippen LogP contribution in [0.4, 0.5) is 0 Å². The zero-order chi connectivity index (χ0) is 12.8.